The molecule has 0 aliphatic rings. The second-order valence-corrected chi connectivity index (χ2v) is 2.68. The van der Waals surface area contributed by atoms with Crippen LogP contribution >= 0.6 is 0 Å². The third kappa shape index (κ3) is 2.03. The number of carbonyl (C=O) groups excluding carboxylic acids is 1. The van der Waals surface area contributed by atoms with Gasteiger partial charge in [-0.3, -0.25) is 4.79 Å². The third-order valence-corrected chi connectivity index (χ3v) is 1.79. The van der Waals surface area contributed by atoms with Crippen molar-refractivity contribution in [2.24, 2.45) is 5.73 Å². The minimum Gasteiger partial charge on any atom is -0.357 e. The van der Waals surface area contributed by atoms with Crippen molar-refractivity contribution in [3.8, 4) is 0 Å². The van der Waals surface area contributed by atoms with E-state index < -0.39 is 0 Å². The zero-order valence-corrected chi connectivity index (χ0v) is 7.69. The zero-order chi connectivity index (χ0) is 9.84. The molecule has 6 heteroatoms. The maximum Gasteiger partial charge on any atom is 0.244 e. The molecule has 1 rings (SSSR count). The molecule has 72 valence electrons. The molecule has 0 aliphatic carbocycles. The second-order valence-electron chi connectivity index (χ2n) is 2.68. The van der Waals surface area contributed by atoms with Gasteiger partial charge in [0.25, 0.3) is 0 Å². The number of hydrogen-bond acceptors (Lipinski definition) is 4. The summed E-state index contributed by atoms with van der Waals surface area (Å²) >= 11 is 0. The maximum absolute atomic E-state index is 11.2. The summed E-state index contributed by atoms with van der Waals surface area (Å²) in [5, 5.41) is 10.1. The van der Waals surface area contributed by atoms with Gasteiger partial charge in [-0.1, -0.05) is 5.21 Å². The van der Waals surface area contributed by atoms with Gasteiger partial charge in [-0.05, 0) is 6.92 Å². The Balaban J connectivity index is 2.76. The van der Waals surface area contributed by atoms with E-state index in [1.165, 1.54) is 4.68 Å². The van der Waals surface area contributed by atoms with Crippen molar-refractivity contribution in [2.45, 2.75) is 19.5 Å². The highest BCUT2D eigenvalue weighted by molar-refractivity contribution is 5.79. The minimum atomic E-state index is -0.349. The summed E-state index contributed by atoms with van der Waals surface area (Å²) in [5.74, 6) is -0.103. The van der Waals surface area contributed by atoms with Gasteiger partial charge in [-0.2, -0.15) is 0 Å². The van der Waals surface area contributed by atoms with Crippen molar-refractivity contribution in [1.82, 2.24) is 20.3 Å². The molecule has 3 N–H and O–H groups in total. The summed E-state index contributed by atoms with van der Waals surface area (Å²) in [4.78, 5) is 11.2. The quantitative estimate of drug-likeness (QED) is 0.632. The number of nitrogens with two attached hydrogens (primary N) is 1. The monoisotopic (exact) mass is 183 g/mol. The van der Waals surface area contributed by atoms with Crippen LogP contribution in [0.4, 0.5) is 0 Å². The first-order chi connectivity index (χ1) is 6.19. The van der Waals surface area contributed by atoms with Crippen LogP contribution in [0.15, 0.2) is 6.20 Å². The lowest BCUT2D eigenvalue weighted by molar-refractivity contribution is -0.123. The fourth-order valence-electron chi connectivity index (χ4n) is 0.925. The Morgan fingerprint density at radius 3 is 3.00 bits per heavy atom. The van der Waals surface area contributed by atoms with Crippen molar-refractivity contribution < 1.29 is 4.79 Å². The summed E-state index contributed by atoms with van der Waals surface area (Å²) in [5.41, 5.74) is 6.03. The highest BCUT2D eigenvalue weighted by Gasteiger charge is 2.14. The summed E-state index contributed by atoms with van der Waals surface area (Å²) in [6.45, 7) is 2.08. The number of aromatic nitrogens is 3. The number of nitrogens with one attached hydrogen (secondary N) is 1. The van der Waals surface area contributed by atoms with Crippen LogP contribution in [0.5, 0.6) is 0 Å². The molecule has 1 heterocycles. The lowest BCUT2D eigenvalue weighted by Gasteiger charge is -2.08. The van der Waals surface area contributed by atoms with Gasteiger partial charge in [0.1, 0.15) is 6.04 Å². The predicted octanol–water partition coefficient (Wildman–Crippen LogP) is -0.956. The fourth-order valence-corrected chi connectivity index (χ4v) is 0.925. The summed E-state index contributed by atoms with van der Waals surface area (Å²) in [6.07, 6.45) is 1.67. The average Bonchev–Trinajstić information content (AvgIpc) is 2.63. The first-order valence-corrected chi connectivity index (χ1v) is 4.01. The average molecular weight is 183 g/mol. The van der Waals surface area contributed by atoms with E-state index in [1.54, 1.807) is 20.2 Å². The molecule has 0 fully saturated rings. The molecule has 6 nitrogen and oxygen atoms in total. The van der Waals surface area contributed by atoms with Gasteiger partial charge in [0.15, 0.2) is 0 Å². The molecule has 1 aromatic rings. The van der Waals surface area contributed by atoms with Crippen molar-refractivity contribution in [3.05, 3.63) is 11.9 Å². The van der Waals surface area contributed by atoms with Crippen LogP contribution in [-0.4, -0.2) is 27.9 Å². The van der Waals surface area contributed by atoms with Gasteiger partial charge >= 0.3 is 0 Å². The standard InChI is InChI=1S/C7H13N5O/c1-5(7(13)9-2)12-4-6(3-8)10-11-12/h4-5H,3,8H2,1-2H3,(H,9,13). The molecule has 0 aromatic carbocycles. The van der Waals surface area contributed by atoms with Gasteiger partial charge < -0.3 is 11.1 Å². The molecule has 1 unspecified atom stereocenters. The van der Waals surface area contributed by atoms with E-state index in [-0.39, 0.29) is 11.9 Å². The second kappa shape index (κ2) is 3.99. The van der Waals surface area contributed by atoms with Crippen molar-refractivity contribution >= 4 is 5.91 Å². The molecule has 0 saturated carbocycles. The number of amides is 1. The van der Waals surface area contributed by atoms with Crippen LogP contribution in [-0.2, 0) is 11.3 Å². The van der Waals surface area contributed by atoms with E-state index in [0.29, 0.717) is 12.2 Å². The molecule has 1 aromatic heterocycles. The first kappa shape index (κ1) is 9.66. The fraction of sp³-hybridized carbons (Fsp3) is 0.571. The molecule has 0 aliphatic heterocycles. The minimum absolute atomic E-state index is 0.103. The van der Waals surface area contributed by atoms with Crippen LogP contribution in [0.25, 0.3) is 0 Å². The largest absolute Gasteiger partial charge is 0.357 e. The van der Waals surface area contributed by atoms with Gasteiger partial charge in [-0.25, -0.2) is 4.68 Å². The Morgan fingerprint density at radius 2 is 2.54 bits per heavy atom. The smallest absolute Gasteiger partial charge is 0.244 e. The van der Waals surface area contributed by atoms with Crippen molar-refractivity contribution in [3.63, 3.8) is 0 Å². The molecule has 0 radical (unpaired) electrons. The molecule has 0 bridgehead atoms. The van der Waals surface area contributed by atoms with Crippen LogP contribution in [0.3, 0.4) is 0 Å². The number of carbonyl (C=O) groups is 1. The Kier molecular flexibility index (Phi) is 2.97. The lowest BCUT2D eigenvalue weighted by Crippen LogP contribution is -2.28. The molecule has 13 heavy (non-hydrogen) atoms. The molecule has 1 atom stereocenters. The molecular weight excluding hydrogens is 170 g/mol. The Labute approximate surface area is 76.1 Å². The van der Waals surface area contributed by atoms with E-state index in [2.05, 4.69) is 15.6 Å². The Hall–Kier alpha value is -1.43. The van der Waals surface area contributed by atoms with E-state index in [1.807, 2.05) is 0 Å². The maximum atomic E-state index is 11.2. The van der Waals surface area contributed by atoms with E-state index in [0.717, 1.165) is 0 Å². The highest BCUT2D eigenvalue weighted by atomic mass is 16.2. The van der Waals surface area contributed by atoms with Gasteiger partial charge in [0.2, 0.25) is 5.91 Å². The lowest BCUT2D eigenvalue weighted by atomic mass is 10.3. The Bertz CT molecular complexity index is 295. The third-order valence-electron chi connectivity index (χ3n) is 1.79. The SMILES string of the molecule is CNC(=O)C(C)n1cc(CN)nn1. The number of rotatable bonds is 3. The van der Waals surface area contributed by atoms with Gasteiger partial charge in [0, 0.05) is 13.6 Å². The van der Waals surface area contributed by atoms with Gasteiger partial charge in [0.05, 0.1) is 11.9 Å². The topological polar surface area (TPSA) is 85.8 Å². The van der Waals surface area contributed by atoms with Crippen LogP contribution in [0, 0.1) is 0 Å². The van der Waals surface area contributed by atoms with E-state index in [9.17, 15) is 4.79 Å². The Morgan fingerprint density at radius 1 is 1.85 bits per heavy atom. The number of hydrogen-bond donors (Lipinski definition) is 2. The molecular formula is C7H13N5O. The summed E-state index contributed by atoms with van der Waals surface area (Å²) in [7, 11) is 1.58. The summed E-state index contributed by atoms with van der Waals surface area (Å²) in [6, 6.07) is -0.349. The number of nitrogens with zero attached hydrogens (tertiary/aromatic N) is 3. The van der Waals surface area contributed by atoms with Crippen molar-refractivity contribution in [1.29, 1.82) is 0 Å². The first-order valence-electron chi connectivity index (χ1n) is 4.01. The number of likely N-dealkylation sites (N-methyl/N-ethyl adjacent to an activating group) is 1. The zero-order valence-electron chi connectivity index (χ0n) is 7.69. The van der Waals surface area contributed by atoms with Gasteiger partial charge in [-0.15, -0.1) is 5.10 Å². The van der Waals surface area contributed by atoms with E-state index in [4.69, 9.17) is 5.73 Å². The van der Waals surface area contributed by atoms with Crippen LogP contribution < -0.4 is 11.1 Å². The molecule has 1 amide bonds. The normalized spacial score (nSPS) is 12.5. The molecule has 0 saturated heterocycles. The highest BCUT2D eigenvalue weighted by Crippen LogP contribution is 2.03. The predicted molar refractivity (Wildman–Crippen MR) is 46.7 cm³/mol. The summed E-state index contributed by atoms with van der Waals surface area (Å²) < 4.78 is 1.49. The van der Waals surface area contributed by atoms with E-state index >= 15 is 0 Å². The van der Waals surface area contributed by atoms with Crippen LogP contribution in [0.1, 0.15) is 18.7 Å². The molecule has 0 spiro atoms. The van der Waals surface area contributed by atoms with Crippen molar-refractivity contribution in [2.75, 3.05) is 7.05 Å². The van der Waals surface area contributed by atoms with Crippen LogP contribution in [0.2, 0.25) is 0 Å².